The predicted octanol–water partition coefficient (Wildman–Crippen LogP) is 1.58. The van der Waals surface area contributed by atoms with Gasteiger partial charge in [-0.3, -0.25) is 14.4 Å². The Balaban J connectivity index is 0.00000408. The average molecular weight is 477 g/mol. The van der Waals surface area contributed by atoms with E-state index in [0.29, 0.717) is 22.8 Å². The first-order chi connectivity index (χ1) is 15.8. The molecule has 0 bridgehead atoms. The number of hydrogen-bond donors (Lipinski definition) is 3. The van der Waals surface area contributed by atoms with Crippen LogP contribution in [0.15, 0.2) is 60.8 Å². The number of carbonyl (C=O) groups is 4. The zero-order chi connectivity index (χ0) is 24.0. The third-order valence-electron chi connectivity index (χ3n) is 4.88. The monoisotopic (exact) mass is 477 g/mol. The van der Waals surface area contributed by atoms with Crippen molar-refractivity contribution in [3.63, 3.8) is 0 Å². The van der Waals surface area contributed by atoms with Gasteiger partial charge >= 0.3 is 41.6 Å². The van der Waals surface area contributed by atoms with Gasteiger partial charge in [-0.1, -0.05) is 24.3 Å². The molecule has 0 radical (unpaired) electrons. The fraction of sp³-hybridized carbons (Fsp3) is 0.217. The predicted molar refractivity (Wildman–Crippen MR) is 124 cm³/mol. The van der Waals surface area contributed by atoms with Crippen molar-refractivity contribution < 1.29 is 33.8 Å². The SMILES string of the molecule is COc1ccccc1Oc1ccc(C(CC(=O)O)NC(=O)NC2C(=O)C=CN(C)C2=O)cc1.[NaH]. The van der Waals surface area contributed by atoms with E-state index in [1.165, 1.54) is 31.3 Å². The van der Waals surface area contributed by atoms with Crippen molar-refractivity contribution in [3.8, 4) is 17.2 Å². The minimum atomic E-state index is -1.37. The number of benzene rings is 2. The molecule has 0 aromatic heterocycles. The van der Waals surface area contributed by atoms with Crippen molar-refractivity contribution in [2.75, 3.05) is 14.2 Å². The summed E-state index contributed by atoms with van der Waals surface area (Å²) in [6, 6.07) is 10.5. The van der Waals surface area contributed by atoms with Gasteiger partial charge in [0.25, 0.3) is 5.91 Å². The van der Waals surface area contributed by atoms with Crippen LogP contribution in [0.25, 0.3) is 0 Å². The number of carboxylic acid groups (broad SMARTS) is 1. The maximum absolute atomic E-state index is 12.5. The number of urea groups is 1. The number of ketones is 1. The van der Waals surface area contributed by atoms with E-state index in [0.717, 1.165) is 0 Å². The molecule has 174 valence electrons. The Morgan fingerprint density at radius 3 is 2.35 bits per heavy atom. The van der Waals surface area contributed by atoms with Crippen LogP contribution in [0.2, 0.25) is 0 Å². The van der Waals surface area contributed by atoms with E-state index in [1.54, 1.807) is 42.5 Å². The van der Waals surface area contributed by atoms with E-state index in [4.69, 9.17) is 9.47 Å². The summed E-state index contributed by atoms with van der Waals surface area (Å²) in [6.45, 7) is 0. The first-order valence-electron chi connectivity index (χ1n) is 9.97. The number of aliphatic carboxylic acids is 1. The van der Waals surface area contributed by atoms with Crippen LogP contribution in [0.4, 0.5) is 4.79 Å². The van der Waals surface area contributed by atoms with E-state index < -0.39 is 42.2 Å². The van der Waals surface area contributed by atoms with Crippen molar-refractivity contribution in [1.82, 2.24) is 15.5 Å². The van der Waals surface area contributed by atoms with Gasteiger partial charge in [0.15, 0.2) is 23.3 Å². The molecule has 3 amide bonds. The summed E-state index contributed by atoms with van der Waals surface area (Å²) in [5.74, 6) is -0.757. The normalized spacial score (nSPS) is 15.7. The zero-order valence-electron chi connectivity index (χ0n) is 18.0. The van der Waals surface area contributed by atoms with Crippen LogP contribution in [0.3, 0.4) is 0 Å². The van der Waals surface area contributed by atoms with Gasteiger partial charge in [0.05, 0.1) is 19.6 Å². The Labute approximate surface area is 218 Å². The van der Waals surface area contributed by atoms with Gasteiger partial charge in [-0.25, -0.2) is 4.79 Å². The van der Waals surface area contributed by atoms with Crippen LogP contribution in [-0.2, 0) is 14.4 Å². The second-order valence-corrected chi connectivity index (χ2v) is 7.19. The first kappa shape index (κ1) is 26.9. The quantitative estimate of drug-likeness (QED) is 0.388. The van der Waals surface area contributed by atoms with E-state index in [9.17, 15) is 24.3 Å². The molecule has 2 aromatic carbocycles. The molecule has 34 heavy (non-hydrogen) atoms. The summed E-state index contributed by atoms with van der Waals surface area (Å²) >= 11 is 0. The van der Waals surface area contributed by atoms with Gasteiger partial charge in [0, 0.05) is 19.3 Å². The molecular weight excluding hydrogens is 453 g/mol. The summed E-state index contributed by atoms with van der Waals surface area (Å²) < 4.78 is 11.1. The molecule has 0 aliphatic carbocycles. The average Bonchev–Trinajstić information content (AvgIpc) is 2.79. The summed E-state index contributed by atoms with van der Waals surface area (Å²) in [5, 5.41) is 14.1. The van der Waals surface area contributed by atoms with Gasteiger partial charge in [-0.15, -0.1) is 0 Å². The molecule has 0 saturated heterocycles. The third kappa shape index (κ3) is 6.83. The number of amides is 3. The van der Waals surface area contributed by atoms with Crippen LogP contribution < -0.4 is 20.1 Å². The molecule has 1 aliphatic rings. The molecule has 1 aliphatic heterocycles. The number of methoxy groups -OCH3 is 1. The van der Waals surface area contributed by atoms with Crippen molar-refractivity contribution >= 4 is 53.2 Å². The molecule has 3 rings (SSSR count). The summed E-state index contributed by atoms with van der Waals surface area (Å²) in [4.78, 5) is 49.1. The molecule has 10 nitrogen and oxygen atoms in total. The van der Waals surface area contributed by atoms with Crippen molar-refractivity contribution in [2.45, 2.75) is 18.5 Å². The number of para-hydroxylation sites is 2. The van der Waals surface area contributed by atoms with E-state index in [-0.39, 0.29) is 29.6 Å². The molecule has 0 spiro atoms. The van der Waals surface area contributed by atoms with E-state index in [1.807, 2.05) is 6.07 Å². The molecule has 2 aromatic rings. The second kappa shape index (κ2) is 12.2. The van der Waals surface area contributed by atoms with Crippen LogP contribution in [0.5, 0.6) is 17.2 Å². The number of nitrogens with one attached hydrogen (secondary N) is 2. The van der Waals surface area contributed by atoms with Gasteiger partial charge < -0.3 is 30.1 Å². The van der Waals surface area contributed by atoms with Crippen molar-refractivity contribution in [2.24, 2.45) is 0 Å². The molecule has 0 saturated carbocycles. The Kier molecular flexibility index (Phi) is 9.67. The molecule has 0 fully saturated rings. The zero-order valence-corrected chi connectivity index (χ0v) is 18.0. The standard InChI is InChI=1S/C23H23N3O7.Na.H/c1-26-12-11-17(27)21(22(26)30)25-23(31)24-16(13-20(28)29)14-7-9-15(10-8-14)33-19-6-4-3-5-18(19)32-2;;/h3-12,16,21H,13H2,1-2H3,(H,28,29)(H2,24,25,31);;. The molecule has 11 heteroatoms. The van der Waals surface area contributed by atoms with Crippen LogP contribution in [-0.4, -0.2) is 83.5 Å². The van der Waals surface area contributed by atoms with Gasteiger partial charge in [0.2, 0.25) is 0 Å². The Morgan fingerprint density at radius 1 is 1.09 bits per heavy atom. The molecule has 2 atom stereocenters. The molecule has 3 N–H and O–H groups in total. The van der Waals surface area contributed by atoms with Crippen LogP contribution in [0.1, 0.15) is 18.0 Å². The number of carboxylic acids is 1. The number of likely N-dealkylation sites (N-methyl/N-ethyl adjacent to an activating group) is 1. The van der Waals surface area contributed by atoms with Gasteiger partial charge in [0.1, 0.15) is 5.75 Å². The summed E-state index contributed by atoms with van der Waals surface area (Å²) in [6.07, 6.45) is 2.08. The fourth-order valence-electron chi connectivity index (χ4n) is 3.17. The number of hydrogen-bond acceptors (Lipinski definition) is 6. The van der Waals surface area contributed by atoms with Crippen molar-refractivity contribution in [1.29, 1.82) is 0 Å². The topological polar surface area (TPSA) is 134 Å². The Bertz CT molecular complexity index is 1090. The van der Waals surface area contributed by atoms with E-state index >= 15 is 0 Å². The number of nitrogens with zero attached hydrogens (tertiary/aromatic N) is 1. The molecular formula is C23H24N3NaO7. The third-order valence-corrected chi connectivity index (χ3v) is 4.88. The Morgan fingerprint density at radius 2 is 1.74 bits per heavy atom. The van der Waals surface area contributed by atoms with Gasteiger partial charge in [-0.05, 0) is 29.8 Å². The number of carbonyl (C=O) groups excluding carboxylic acids is 3. The molecule has 2 unspecified atom stereocenters. The van der Waals surface area contributed by atoms with Crippen molar-refractivity contribution in [3.05, 3.63) is 66.4 Å². The summed E-state index contributed by atoms with van der Waals surface area (Å²) in [5.41, 5.74) is 0.498. The number of ether oxygens (including phenoxy) is 2. The Hall–Kier alpha value is -3.34. The first-order valence-corrected chi connectivity index (χ1v) is 9.97. The van der Waals surface area contributed by atoms with Crippen LogP contribution >= 0.6 is 0 Å². The van der Waals surface area contributed by atoms with Gasteiger partial charge in [-0.2, -0.15) is 0 Å². The fourth-order valence-corrected chi connectivity index (χ4v) is 3.17. The second-order valence-electron chi connectivity index (χ2n) is 7.19. The number of rotatable bonds is 8. The van der Waals surface area contributed by atoms with Crippen LogP contribution in [0, 0.1) is 0 Å². The molecule has 1 heterocycles. The maximum atomic E-state index is 12.5. The summed E-state index contributed by atoms with van der Waals surface area (Å²) in [7, 11) is 2.99. The van der Waals surface area contributed by atoms with E-state index in [2.05, 4.69) is 10.6 Å². The minimum absolute atomic E-state index is 0.